The Labute approximate surface area is 147 Å². The van der Waals surface area contributed by atoms with Crippen LogP contribution in [-0.4, -0.2) is 16.0 Å². The molecule has 0 radical (unpaired) electrons. The first kappa shape index (κ1) is 16.9. The molecule has 128 valence electrons. The van der Waals surface area contributed by atoms with Gasteiger partial charge in [0.15, 0.2) is 0 Å². The predicted molar refractivity (Wildman–Crippen MR) is 97.2 cm³/mol. The Hall–Kier alpha value is -2.95. The van der Waals surface area contributed by atoms with Crippen LogP contribution in [0.1, 0.15) is 30.4 Å². The number of aryl methyl sites for hydroxylation is 3. The Morgan fingerprint density at radius 1 is 1.16 bits per heavy atom. The van der Waals surface area contributed by atoms with Crippen LogP contribution in [0.2, 0.25) is 0 Å². The lowest BCUT2D eigenvalue weighted by molar-refractivity contribution is -0.116. The number of anilines is 1. The molecule has 0 fully saturated rings. The van der Waals surface area contributed by atoms with Crippen LogP contribution in [0, 0.1) is 6.92 Å². The van der Waals surface area contributed by atoms with E-state index < -0.39 is 0 Å². The predicted octanol–water partition coefficient (Wildman–Crippen LogP) is 4.18. The number of benzene rings is 2. The molecule has 0 aliphatic heterocycles. The van der Waals surface area contributed by atoms with Gasteiger partial charge >= 0.3 is 0 Å². The Balaban J connectivity index is 1.56. The molecule has 1 N–H and O–H groups in total. The molecule has 1 heterocycles. The van der Waals surface area contributed by atoms with Gasteiger partial charge in [-0.05, 0) is 31.0 Å². The molecule has 0 unspecified atom stereocenters. The van der Waals surface area contributed by atoms with Gasteiger partial charge in [-0.3, -0.25) is 4.79 Å². The summed E-state index contributed by atoms with van der Waals surface area (Å²) in [4.78, 5) is 16.5. The van der Waals surface area contributed by atoms with E-state index in [2.05, 4.69) is 22.4 Å². The number of rotatable bonds is 6. The topological polar surface area (TPSA) is 68.0 Å². The summed E-state index contributed by atoms with van der Waals surface area (Å²) in [6.45, 7) is 4.11. The Morgan fingerprint density at radius 2 is 1.96 bits per heavy atom. The van der Waals surface area contributed by atoms with Crippen molar-refractivity contribution >= 4 is 11.6 Å². The number of hydrogen-bond donors (Lipinski definition) is 1. The van der Waals surface area contributed by atoms with Crippen LogP contribution in [0.25, 0.3) is 11.4 Å². The van der Waals surface area contributed by atoms with Gasteiger partial charge in [-0.2, -0.15) is 4.98 Å². The molecule has 3 aromatic rings. The second-order valence-corrected chi connectivity index (χ2v) is 5.98. The second kappa shape index (κ2) is 7.75. The quantitative estimate of drug-likeness (QED) is 0.734. The molecule has 5 heteroatoms. The fourth-order valence-electron chi connectivity index (χ4n) is 2.49. The van der Waals surface area contributed by atoms with Gasteiger partial charge in [0.25, 0.3) is 0 Å². The van der Waals surface area contributed by atoms with Crippen molar-refractivity contribution in [1.82, 2.24) is 10.1 Å². The molecule has 0 aliphatic carbocycles. The van der Waals surface area contributed by atoms with E-state index in [1.807, 2.05) is 55.5 Å². The monoisotopic (exact) mass is 335 g/mol. The van der Waals surface area contributed by atoms with Gasteiger partial charge in [-0.15, -0.1) is 0 Å². The lowest BCUT2D eigenvalue weighted by Crippen LogP contribution is -2.12. The van der Waals surface area contributed by atoms with Crippen molar-refractivity contribution in [3.05, 3.63) is 65.5 Å². The van der Waals surface area contributed by atoms with Crippen molar-refractivity contribution < 1.29 is 9.32 Å². The van der Waals surface area contributed by atoms with Crippen LogP contribution >= 0.6 is 0 Å². The smallest absolute Gasteiger partial charge is 0.227 e. The van der Waals surface area contributed by atoms with Gasteiger partial charge in [0.1, 0.15) is 0 Å². The summed E-state index contributed by atoms with van der Waals surface area (Å²) in [7, 11) is 0. The number of carbonyl (C=O) groups is 1. The maximum Gasteiger partial charge on any atom is 0.227 e. The normalized spacial score (nSPS) is 10.6. The number of nitrogens with zero attached hydrogens (tertiary/aromatic N) is 2. The van der Waals surface area contributed by atoms with E-state index in [4.69, 9.17) is 4.52 Å². The van der Waals surface area contributed by atoms with E-state index in [1.54, 1.807) is 0 Å². The average molecular weight is 335 g/mol. The van der Waals surface area contributed by atoms with E-state index in [-0.39, 0.29) is 5.91 Å². The van der Waals surface area contributed by atoms with E-state index in [1.165, 1.54) is 11.1 Å². The molecule has 5 nitrogen and oxygen atoms in total. The minimum Gasteiger partial charge on any atom is -0.339 e. The van der Waals surface area contributed by atoms with E-state index in [0.29, 0.717) is 24.6 Å². The number of nitrogens with one attached hydrogen (secondary N) is 1. The van der Waals surface area contributed by atoms with Gasteiger partial charge in [-0.1, -0.05) is 54.0 Å². The molecule has 25 heavy (non-hydrogen) atoms. The molecule has 1 aromatic heterocycles. The highest BCUT2D eigenvalue weighted by molar-refractivity contribution is 5.90. The maximum absolute atomic E-state index is 12.1. The first-order valence-corrected chi connectivity index (χ1v) is 8.42. The standard InChI is InChI=1S/C20H21N3O2/c1-3-15-5-4-6-17(13-15)21-18(24)11-12-19-22-20(23-25-19)16-9-7-14(2)8-10-16/h4-10,13H,3,11-12H2,1-2H3,(H,21,24). The molecular formula is C20H21N3O2. The van der Waals surface area contributed by atoms with Crippen molar-refractivity contribution in [2.75, 3.05) is 5.32 Å². The molecule has 1 amide bonds. The lowest BCUT2D eigenvalue weighted by Gasteiger charge is -2.05. The molecule has 0 bridgehead atoms. The van der Waals surface area contributed by atoms with Crippen LogP contribution in [-0.2, 0) is 17.6 Å². The molecule has 0 saturated heterocycles. The highest BCUT2D eigenvalue weighted by atomic mass is 16.5. The van der Waals surface area contributed by atoms with Gasteiger partial charge < -0.3 is 9.84 Å². The number of aromatic nitrogens is 2. The van der Waals surface area contributed by atoms with Crippen LogP contribution in [0.3, 0.4) is 0 Å². The summed E-state index contributed by atoms with van der Waals surface area (Å²) in [5.41, 5.74) is 4.09. The van der Waals surface area contributed by atoms with Crippen molar-refractivity contribution in [2.45, 2.75) is 33.1 Å². The first-order valence-electron chi connectivity index (χ1n) is 8.42. The van der Waals surface area contributed by atoms with Gasteiger partial charge in [0.05, 0.1) is 0 Å². The molecule has 0 atom stereocenters. The van der Waals surface area contributed by atoms with E-state index in [0.717, 1.165) is 17.7 Å². The third-order valence-corrected chi connectivity index (χ3v) is 3.96. The molecular weight excluding hydrogens is 314 g/mol. The summed E-state index contributed by atoms with van der Waals surface area (Å²) in [6.07, 6.45) is 1.65. The SMILES string of the molecule is CCc1cccc(NC(=O)CCc2nc(-c3ccc(C)cc3)no2)c1. The maximum atomic E-state index is 12.1. The van der Waals surface area contributed by atoms with E-state index in [9.17, 15) is 4.79 Å². The summed E-state index contributed by atoms with van der Waals surface area (Å²) < 4.78 is 5.25. The Morgan fingerprint density at radius 3 is 2.72 bits per heavy atom. The molecule has 0 saturated carbocycles. The summed E-state index contributed by atoms with van der Waals surface area (Å²) in [5, 5.41) is 6.89. The van der Waals surface area contributed by atoms with Crippen molar-refractivity contribution in [3.8, 4) is 11.4 Å². The van der Waals surface area contributed by atoms with Gasteiger partial charge in [-0.25, -0.2) is 0 Å². The molecule has 3 rings (SSSR count). The molecule has 0 aliphatic rings. The van der Waals surface area contributed by atoms with Crippen LogP contribution < -0.4 is 5.32 Å². The number of hydrogen-bond acceptors (Lipinski definition) is 4. The largest absolute Gasteiger partial charge is 0.339 e. The highest BCUT2D eigenvalue weighted by Crippen LogP contribution is 2.17. The van der Waals surface area contributed by atoms with Crippen molar-refractivity contribution in [1.29, 1.82) is 0 Å². The van der Waals surface area contributed by atoms with Crippen LogP contribution in [0.4, 0.5) is 5.69 Å². The first-order chi connectivity index (χ1) is 12.1. The van der Waals surface area contributed by atoms with E-state index >= 15 is 0 Å². The zero-order chi connectivity index (χ0) is 17.6. The van der Waals surface area contributed by atoms with Crippen molar-refractivity contribution in [3.63, 3.8) is 0 Å². The molecule has 0 spiro atoms. The summed E-state index contributed by atoms with van der Waals surface area (Å²) in [6, 6.07) is 15.8. The zero-order valence-electron chi connectivity index (χ0n) is 14.5. The number of amides is 1. The van der Waals surface area contributed by atoms with Crippen LogP contribution in [0.15, 0.2) is 53.1 Å². The highest BCUT2D eigenvalue weighted by Gasteiger charge is 2.11. The third-order valence-electron chi connectivity index (χ3n) is 3.96. The number of carbonyl (C=O) groups excluding carboxylic acids is 1. The van der Waals surface area contributed by atoms with Crippen molar-refractivity contribution in [2.24, 2.45) is 0 Å². The third kappa shape index (κ3) is 4.53. The Kier molecular flexibility index (Phi) is 5.23. The minimum absolute atomic E-state index is 0.0664. The Bertz CT molecular complexity index is 853. The fourth-order valence-corrected chi connectivity index (χ4v) is 2.49. The molecule has 2 aromatic carbocycles. The van der Waals surface area contributed by atoms with Crippen LogP contribution in [0.5, 0.6) is 0 Å². The van der Waals surface area contributed by atoms with Gasteiger partial charge in [0.2, 0.25) is 17.6 Å². The minimum atomic E-state index is -0.0664. The second-order valence-electron chi connectivity index (χ2n) is 5.98. The lowest BCUT2D eigenvalue weighted by atomic mass is 10.1. The summed E-state index contributed by atoms with van der Waals surface area (Å²) in [5.74, 6) is 0.947. The fraction of sp³-hybridized carbons (Fsp3) is 0.250. The van der Waals surface area contributed by atoms with Gasteiger partial charge in [0, 0.05) is 24.1 Å². The summed E-state index contributed by atoms with van der Waals surface area (Å²) >= 11 is 0. The average Bonchev–Trinajstić information content (AvgIpc) is 3.10. The zero-order valence-corrected chi connectivity index (χ0v) is 14.5.